The van der Waals surface area contributed by atoms with Gasteiger partial charge in [0, 0.05) is 18.7 Å². The molecule has 0 saturated carbocycles. The van der Waals surface area contributed by atoms with Crippen molar-refractivity contribution >= 4 is 31.5 Å². The molecule has 0 radical (unpaired) electrons. The smallest absolute Gasteiger partial charge is 0.261 e. The van der Waals surface area contributed by atoms with E-state index >= 15 is 0 Å². The Kier molecular flexibility index (Phi) is 5.36. The SMILES string of the molecule is CC(=O)c1cccc(S(=O)(=O)Nc2cccc(S(=O)(=O)N3CCCC3)c2)c1. The minimum Gasteiger partial charge on any atom is -0.295 e. The van der Waals surface area contributed by atoms with Crippen molar-refractivity contribution in [3.63, 3.8) is 0 Å². The summed E-state index contributed by atoms with van der Waals surface area (Å²) in [5.74, 6) is -0.245. The molecule has 0 atom stereocenters. The van der Waals surface area contributed by atoms with Gasteiger partial charge in [-0.3, -0.25) is 9.52 Å². The minimum atomic E-state index is -3.96. The number of sulfonamides is 2. The van der Waals surface area contributed by atoms with Crippen LogP contribution in [0.2, 0.25) is 0 Å². The molecule has 2 aromatic rings. The molecule has 0 bridgehead atoms. The molecular formula is C18H20N2O5S2. The summed E-state index contributed by atoms with van der Waals surface area (Å²) in [6.45, 7) is 2.29. The second-order valence-electron chi connectivity index (χ2n) is 6.33. The Morgan fingerprint density at radius 3 is 2.22 bits per heavy atom. The quantitative estimate of drug-likeness (QED) is 0.740. The normalized spacial score (nSPS) is 15.6. The van der Waals surface area contributed by atoms with Crippen LogP contribution in [0.25, 0.3) is 0 Å². The van der Waals surface area contributed by atoms with Gasteiger partial charge in [-0.25, -0.2) is 16.8 Å². The minimum absolute atomic E-state index is 0.0436. The van der Waals surface area contributed by atoms with Crippen LogP contribution < -0.4 is 4.72 Å². The molecule has 1 fully saturated rings. The fourth-order valence-electron chi connectivity index (χ4n) is 2.89. The van der Waals surface area contributed by atoms with Gasteiger partial charge in [0.15, 0.2) is 5.78 Å². The van der Waals surface area contributed by atoms with Crippen LogP contribution in [0.5, 0.6) is 0 Å². The third kappa shape index (κ3) is 4.20. The third-order valence-electron chi connectivity index (χ3n) is 4.34. The van der Waals surface area contributed by atoms with Crippen molar-refractivity contribution in [1.82, 2.24) is 4.31 Å². The highest BCUT2D eigenvalue weighted by Crippen LogP contribution is 2.24. The van der Waals surface area contributed by atoms with Gasteiger partial charge in [-0.2, -0.15) is 4.31 Å². The van der Waals surface area contributed by atoms with Crippen LogP contribution in [0.3, 0.4) is 0 Å². The van der Waals surface area contributed by atoms with Crippen molar-refractivity contribution in [3.05, 3.63) is 54.1 Å². The summed E-state index contributed by atoms with van der Waals surface area (Å²) in [6.07, 6.45) is 1.63. The molecule has 7 nitrogen and oxygen atoms in total. The number of nitrogens with zero attached hydrogens (tertiary/aromatic N) is 1. The van der Waals surface area contributed by atoms with Gasteiger partial charge >= 0.3 is 0 Å². The Morgan fingerprint density at radius 1 is 0.926 bits per heavy atom. The first-order valence-electron chi connectivity index (χ1n) is 8.44. The third-order valence-corrected chi connectivity index (χ3v) is 7.61. The maximum absolute atomic E-state index is 12.7. The van der Waals surface area contributed by atoms with E-state index in [1.807, 2.05) is 0 Å². The molecule has 0 aliphatic carbocycles. The lowest BCUT2D eigenvalue weighted by Crippen LogP contribution is -2.27. The molecule has 1 saturated heterocycles. The average Bonchev–Trinajstić information content (AvgIpc) is 3.17. The van der Waals surface area contributed by atoms with E-state index in [1.54, 1.807) is 0 Å². The number of hydrogen-bond acceptors (Lipinski definition) is 5. The van der Waals surface area contributed by atoms with E-state index in [0.717, 1.165) is 12.8 Å². The second kappa shape index (κ2) is 7.41. The van der Waals surface area contributed by atoms with Crippen LogP contribution in [-0.2, 0) is 20.0 Å². The lowest BCUT2D eigenvalue weighted by Gasteiger charge is -2.16. The van der Waals surface area contributed by atoms with E-state index in [9.17, 15) is 21.6 Å². The fraction of sp³-hybridized carbons (Fsp3) is 0.278. The van der Waals surface area contributed by atoms with Gasteiger partial charge in [0.1, 0.15) is 0 Å². The molecule has 3 rings (SSSR count). The molecule has 1 N–H and O–H groups in total. The number of ketones is 1. The van der Waals surface area contributed by atoms with Gasteiger partial charge in [0.05, 0.1) is 15.5 Å². The van der Waals surface area contributed by atoms with Gasteiger partial charge in [-0.1, -0.05) is 18.2 Å². The van der Waals surface area contributed by atoms with Gasteiger partial charge in [0.25, 0.3) is 10.0 Å². The number of carbonyl (C=O) groups excluding carboxylic acids is 1. The molecule has 27 heavy (non-hydrogen) atoms. The number of anilines is 1. The summed E-state index contributed by atoms with van der Waals surface area (Å²) in [5, 5.41) is 0. The molecule has 9 heteroatoms. The molecule has 0 amide bonds. The predicted octanol–water partition coefficient (Wildman–Crippen LogP) is 2.47. The van der Waals surface area contributed by atoms with Crippen molar-refractivity contribution in [2.75, 3.05) is 17.8 Å². The molecule has 144 valence electrons. The van der Waals surface area contributed by atoms with Crippen LogP contribution in [0.15, 0.2) is 58.3 Å². The lowest BCUT2D eigenvalue weighted by molar-refractivity contribution is 0.101. The fourth-order valence-corrected chi connectivity index (χ4v) is 5.55. The van der Waals surface area contributed by atoms with Crippen molar-refractivity contribution < 1.29 is 21.6 Å². The maximum atomic E-state index is 12.7. The largest absolute Gasteiger partial charge is 0.295 e. The standard InChI is InChI=1S/C18H20N2O5S2/c1-14(21)15-6-4-8-17(12-15)26(22,23)19-16-7-5-9-18(13-16)27(24,25)20-10-2-3-11-20/h4-9,12-13,19H,2-3,10-11H2,1H3. The highest BCUT2D eigenvalue weighted by Gasteiger charge is 2.27. The van der Waals surface area contributed by atoms with E-state index in [1.165, 1.54) is 59.8 Å². The molecule has 2 aromatic carbocycles. The van der Waals surface area contributed by atoms with E-state index in [0.29, 0.717) is 13.1 Å². The molecule has 1 heterocycles. The van der Waals surface area contributed by atoms with Crippen LogP contribution >= 0.6 is 0 Å². The van der Waals surface area contributed by atoms with Crippen molar-refractivity contribution in [2.45, 2.75) is 29.6 Å². The van der Waals surface area contributed by atoms with Crippen molar-refractivity contribution in [1.29, 1.82) is 0 Å². The number of nitrogens with one attached hydrogen (secondary N) is 1. The summed E-state index contributed by atoms with van der Waals surface area (Å²) in [7, 11) is -7.61. The first kappa shape index (κ1) is 19.5. The van der Waals surface area contributed by atoms with Crippen molar-refractivity contribution in [3.8, 4) is 0 Å². The van der Waals surface area contributed by atoms with E-state index in [4.69, 9.17) is 0 Å². The Hall–Kier alpha value is -2.23. The molecule has 0 aromatic heterocycles. The summed E-state index contributed by atoms with van der Waals surface area (Å²) in [6, 6.07) is 11.4. The zero-order valence-corrected chi connectivity index (χ0v) is 16.4. The topological polar surface area (TPSA) is 101 Å². The van der Waals surface area contributed by atoms with Crippen LogP contribution in [0, 0.1) is 0 Å². The number of carbonyl (C=O) groups is 1. The van der Waals surface area contributed by atoms with Gasteiger partial charge in [0.2, 0.25) is 10.0 Å². The Labute approximate surface area is 159 Å². The Balaban J connectivity index is 1.90. The average molecular weight is 409 g/mol. The van der Waals surface area contributed by atoms with Gasteiger partial charge in [-0.15, -0.1) is 0 Å². The van der Waals surface area contributed by atoms with Crippen molar-refractivity contribution in [2.24, 2.45) is 0 Å². The summed E-state index contributed by atoms with van der Waals surface area (Å²) in [5.41, 5.74) is 0.423. The Morgan fingerprint density at radius 2 is 1.56 bits per heavy atom. The van der Waals surface area contributed by atoms with Crippen LogP contribution in [0.4, 0.5) is 5.69 Å². The molecular weight excluding hydrogens is 388 g/mol. The first-order chi connectivity index (χ1) is 12.7. The monoisotopic (exact) mass is 408 g/mol. The predicted molar refractivity (Wildman–Crippen MR) is 102 cm³/mol. The zero-order valence-electron chi connectivity index (χ0n) is 14.8. The van der Waals surface area contributed by atoms with Gasteiger partial charge in [-0.05, 0) is 50.1 Å². The highest BCUT2D eigenvalue weighted by molar-refractivity contribution is 7.92. The molecule has 1 aliphatic rings. The summed E-state index contributed by atoms with van der Waals surface area (Å²) >= 11 is 0. The van der Waals surface area contributed by atoms with E-state index in [-0.39, 0.29) is 26.8 Å². The van der Waals surface area contributed by atoms with Crippen LogP contribution in [-0.4, -0.2) is 40.0 Å². The second-order valence-corrected chi connectivity index (χ2v) is 9.95. The first-order valence-corrected chi connectivity index (χ1v) is 11.4. The summed E-state index contributed by atoms with van der Waals surface area (Å²) < 4.78 is 54.3. The van der Waals surface area contributed by atoms with E-state index in [2.05, 4.69) is 4.72 Å². The molecule has 0 unspecified atom stereocenters. The highest BCUT2D eigenvalue weighted by atomic mass is 32.2. The number of hydrogen-bond donors (Lipinski definition) is 1. The molecule has 1 aliphatic heterocycles. The van der Waals surface area contributed by atoms with Crippen LogP contribution in [0.1, 0.15) is 30.1 Å². The Bertz CT molecular complexity index is 1070. The zero-order chi connectivity index (χ0) is 19.7. The summed E-state index contributed by atoms with van der Waals surface area (Å²) in [4.78, 5) is 11.5. The molecule has 0 spiro atoms. The number of Topliss-reactive ketones (excluding diaryl/α,β-unsaturated/α-hetero) is 1. The lowest BCUT2D eigenvalue weighted by atomic mass is 10.2. The van der Waals surface area contributed by atoms with E-state index < -0.39 is 20.0 Å². The number of benzene rings is 2. The maximum Gasteiger partial charge on any atom is 0.261 e. The van der Waals surface area contributed by atoms with Gasteiger partial charge < -0.3 is 0 Å². The number of rotatable bonds is 6.